The Bertz CT molecular complexity index is 1050. The Morgan fingerprint density at radius 3 is 2.42 bits per heavy atom. The number of aliphatic carboxylic acids is 1. The first-order valence-corrected chi connectivity index (χ1v) is 11.6. The normalized spacial score (nSPS) is 21.9. The van der Waals surface area contributed by atoms with Crippen molar-refractivity contribution in [1.29, 1.82) is 0 Å². The number of nitrogens with one attached hydrogen (secondary N) is 3. The van der Waals surface area contributed by atoms with Crippen molar-refractivity contribution >= 4 is 23.3 Å². The van der Waals surface area contributed by atoms with E-state index >= 15 is 0 Å². The summed E-state index contributed by atoms with van der Waals surface area (Å²) in [5.41, 5.74) is 2.22. The lowest BCUT2D eigenvalue weighted by atomic mass is 9.93. The third-order valence-electron chi connectivity index (χ3n) is 6.51. The second-order valence-electron chi connectivity index (χ2n) is 9.01. The van der Waals surface area contributed by atoms with Gasteiger partial charge in [-0.15, -0.1) is 0 Å². The monoisotopic (exact) mass is 514 g/mol. The average Bonchev–Trinajstić information content (AvgIpc) is 3.49. The maximum Gasteiger partial charge on any atom is 0.490 e. The minimum Gasteiger partial charge on any atom is -0.475 e. The number of piperidine rings is 1. The number of aromatic nitrogens is 2. The molecule has 196 valence electrons. The molecule has 4 N–H and O–H groups in total. The van der Waals surface area contributed by atoms with Crippen LogP contribution in [0, 0.1) is 0 Å². The number of carbonyl (C=O) groups is 1. The van der Waals surface area contributed by atoms with Gasteiger partial charge in [-0.1, -0.05) is 0 Å². The maximum absolute atomic E-state index is 12.8. The molecule has 36 heavy (non-hydrogen) atoms. The molecule has 3 saturated heterocycles. The molecule has 0 amide bonds. The van der Waals surface area contributed by atoms with Crippen LogP contribution in [0.5, 0.6) is 0 Å². The summed E-state index contributed by atoms with van der Waals surface area (Å²) in [5.74, 6) is -1.07. The molecule has 2 aromatic rings. The molecule has 3 aliphatic rings. The van der Waals surface area contributed by atoms with Crippen LogP contribution in [0.4, 0.5) is 39.3 Å². The van der Waals surface area contributed by atoms with E-state index in [1.165, 1.54) is 24.4 Å². The second-order valence-corrected chi connectivity index (χ2v) is 9.01. The number of carboxylic acids is 1. The number of pyridine rings is 2. The number of hydrogen-bond donors (Lipinski definition) is 4. The lowest BCUT2D eigenvalue weighted by molar-refractivity contribution is -0.192. The zero-order valence-corrected chi connectivity index (χ0v) is 19.2. The van der Waals surface area contributed by atoms with Gasteiger partial charge in [-0.05, 0) is 50.6 Å². The predicted molar refractivity (Wildman–Crippen MR) is 123 cm³/mol. The van der Waals surface area contributed by atoms with Crippen molar-refractivity contribution in [1.82, 2.24) is 20.6 Å². The summed E-state index contributed by atoms with van der Waals surface area (Å²) in [6, 6.07) is 8.39. The Kier molecular flexibility index (Phi) is 7.88. The minimum atomic E-state index is -5.08. The molecule has 0 aromatic carbocycles. The quantitative estimate of drug-likeness (QED) is 0.447. The van der Waals surface area contributed by atoms with Crippen LogP contribution in [0.3, 0.4) is 0 Å². The van der Waals surface area contributed by atoms with Crippen LogP contribution in [0.25, 0.3) is 0 Å². The molecular formula is C23H27F5N6O2. The van der Waals surface area contributed by atoms with Gasteiger partial charge < -0.3 is 26.0 Å². The van der Waals surface area contributed by atoms with Crippen molar-refractivity contribution in [2.75, 3.05) is 36.4 Å². The van der Waals surface area contributed by atoms with Crippen LogP contribution in [-0.2, 0) is 4.79 Å². The molecule has 5 heterocycles. The standard InChI is InChI=1S/C21H26F2N6.C2HF3O2/c22-21(23)14-1-2-19(26-10-14)28-20-9-16(29-12-15-7-17(29)11-25-15)8-18(27-20)13-3-5-24-6-4-13;3-2(4,5)1(6)7/h1-2,8-10,13,15,17,21,24-25H,3-7,11-12H2,(H,26,27,28);(H,6,7). The number of anilines is 3. The van der Waals surface area contributed by atoms with Gasteiger partial charge >= 0.3 is 12.1 Å². The molecule has 3 fully saturated rings. The first-order valence-electron chi connectivity index (χ1n) is 11.6. The van der Waals surface area contributed by atoms with Crippen molar-refractivity contribution < 1.29 is 31.9 Å². The fraction of sp³-hybridized carbons (Fsp3) is 0.522. The Hall–Kier alpha value is -3.06. The summed E-state index contributed by atoms with van der Waals surface area (Å²) in [7, 11) is 0. The van der Waals surface area contributed by atoms with Crippen molar-refractivity contribution in [3.05, 3.63) is 41.7 Å². The third-order valence-corrected chi connectivity index (χ3v) is 6.51. The van der Waals surface area contributed by atoms with Crippen molar-refractivity contribution in [3.8, 4) is 0 Å². The van der Waals surface area contributed by atoms with E-state index in [0.717, 1.165) is 50.5 Å². The highest BCUT2D eigenvalue weighted by atomic mass is 19.4. The Labute approximate surface area is 204 Å². The van der Waals surface area contributed by atoms with Gasteiger partial charge in [0.2, 0.25) is 0 Å². The van der Waals surface area contributed by atoms with Crippen LogP contribution in [0.15, 0.2) is 30.5 Å². The van der Waals surface area contributed by atoms with E-state index in [1.807, 2.05) is 0 Å². The minimum absolute atomic E-state index is 0.0757. The summed E-state index contributed by atoms with van der Waals surface area (Å²) in [6.45, 7) is 4.05. The van der Waals surface area contributed by atoms with Gasteiger partial charge in [0, 0.05) is 60.3 Å². The Balaban J connectivity index is 0.000000384. The van der Waals surface area contributed by atoms with Crippen molar-refractivity contribution in [3.63, 3.8) is 0 Å². The summed E-state index contributed by atoms with van der Waals surface area (Å²) in [5, 5.41) is 17.3. The molecule has 8 nitrogen and oxygen atoms in total. The van der Waals surface area contributed by atoms with E-state index in [4.69, 9.17) is 14.9 Å². The number of nitrogens with zero attached hydrogens (tertiary/aromatic N) is 3. The lowest BCUT2D eigenvalue weighted by Gasteiger charge is -2.31. The predicted octanol–water partition coefficient (Wildman–Crippen LogP) is 3.81. The van der Waals surface area contributed by atoms with Gasteiger partial charge in [0.05, 0.1) is 0 Å². The average molecular weight is 514 g/mol. The number of piperazine rings is 1. The largest absolute Gasteiger partial charge is 0.490 e. The number of halogens is 5. The van der Waals surface area contributed by atoms with Crippen LogP contribution >= 0.6 is 0 Å². The molecule has 0 radical (unpaired) electrons. The van der Waals surface area contributed by atoms with E-state index in [0.29, 0.717) is 23.8 Å². The second kappa shape index (κ2) is 10.9. The van der Waals surface area contributed by atoms with Crippen LogP contribution in [-0.4, -0.2) is 65.5 Å². The number of hydrogen-bond acceptors (Lipinski definition) is 7. The SMILES string of the molecule is FC(F)c1ccc(Nc2cc(N3CC4CC3CN4)cc(C3CCNCC3)n2)nc1.O=C(O)C(F)(F)F. The fourth-order valence-electron chi connectivity index (χ4n) is 4.71. The van der Waals surface area contributed by atoms with Crippen LogP contribution in [0.1, 0.15) is 42.9 Å². The van der Waals surface area contributed by atoms with E-state index < -0.39 is 18.6 Å². The van der Waals surface area contributed by atoms with E-state index in [2.05, 4.69) is 38.0 Å². The van der Waals surface area contributed by atoms with E-state index in [9.17, 15) is 22.0 Å². The van der Waals surface area contributed by atoms with Gasteiger partial charge in [0.1, 0.15) is 11.6 Å². The molecule has 3 aliphatic heterocycles. The highest BCUT2D eigenvalue weighted by molar-refractivity contribution is 5.73. The van der Waals surface area contributed by atoms with Gasteiger partial charge in [-0.3, -0.25) is 0 Å². The molecule has 2 bridgehead atoms. The zero-order chi connectivity index (χ0) is 25.9. The lowest BCUT2D eigenvalue weighted by Crippen LogP contribution is -2.43. The Morgan fingerprint density at radius 1 is 1.17 bits per heavy atom. The number of fused-ring (bicyclic) bond motifs is 2. The van der Waals surface area contributed by atoms with Crippen LogP contribution < -0.4 is 20.9 Å². The maximum atomic E-state index is 12.8. The summed E-state index contributed by atoms with van der Waals surface area (Å²) in [4.78, 5) is 20.4. The fourth-order valence-corrected chi connectivity index (χ4v) is 4.71. The number of carboxylic acid groups (broad SMARTS) is 1. The van der Waals surface area contributed by atoms with Gasteiger partial charge in [-0.2, -0.15) is 13.2 Å². The molecule has 13 heteroatoms. The third kappa shape index (κ3) is 6.38. The zero-order valence-electron chi connectivity index (χ0n) is 19.2. The van der Waals surface area contributed by atoms with Crippen molar-refractivity contribution in [2.24, 2.45) is 0 Å². The smallest absolute Gasteiger partial charge is 0.475 e. The first kappa shape index (κ1) is 26.0. The van der Waals surface area contributed by atoms with Gasteiger partial charge in [-0.25, -0.2) is 23.5 Å². The highest BCUT2D eigenvalue weighted by Gasteiger charge is 2.39. The summed E-state index contributed by atoms with van der Waals surface area (Å²) >= 11 is 0. The highest BCUT2D eigenvalue weighted by Crippen LogP contribution is 2.34. The molecule has 2 atom stereocenters. The van der Waals surface area contributed by atoms with Gasteiger partial charge in [0.25, 0.3) is 6.43 Å². The Morgan fingerprint density at radius 2 is 1.89 bits per heavy atom. The summed E-state index contributed by atoms with van der Waals surface area (Å²) in [6.07, 6.45) is -3.04. The topological polar surface area (TPSA) is 102 Å². The summed E-state index contributed by atoms with van der Waals surface area (Å²) < 4.78 is 57.3. The van der Waals surface area contributed by atoms with Crippen LogP contribution in [0.2, 0.25) is 0 Å². The first-order chi connectivity index (χ1) is 17.1. The number of rotatable bonds is 5. The van der Waals surface area contributed by atoms with Crippen molar-refractivity contribution in [2.45, 2.75) is 49.9 Å². The molecule has 2 unspecified atom stereocenters. The van der Waals surface area contributed by atoms with E-state index in [-0.39, 0.29) is 5.56 Å². The molecule has 0 aliphatic carbocycles. The molecule has 0 spiro atoms. The molecule has 5 rings (SSSR count). The van der Waals surface area contributed by atoms with E-state index in [1.54, 1.807) is 6.07 Å². The molecular weight excluding hydrogens is 487 g/mol. The van der Waals surface area contributed by atoms with Gasteiger partial charge in [0.15, 0.2) is 0 Å². The molecule has 0 saturated carbocycles. The number of alkyl halides is 5. The molecule has 2 aromatic heterocycles.